The van der Waals surface area contributed by atoms with E-state index in [1.807, 2.05) is 4.90 Å². The van der Waals surface area contributed by atoms with Crippen LogP contribution < -0.4 is 9.47 Å². The van der Waals surface area contributed by atoms with Crippen molar-refractivity contribution in [3.8, 4) is 11.5 Å². The van der Waals surface area contributed by atoms with Gasteiger partial charge in [0.1, 0.15) is 0 Å². The van der Waals surface area contributed by atoms with E-state index < -0.39 is 0 Å². The number of carbonyl (C=O) groups excluding carboxylic acids is 1. The maximum atomic E-state index is 13.0. The third-order valence-corrected chi connectivity index (χ3v) is 4.40. The lowest BCUT2D eigenvalue weighted by atomic mass is 10.00. The Labute approximate surface area is 136 Å². The van der Waals surface area contributed by atoms with Crippen LogP contribution >= 0.6 is 0 Å². The maximum absolute atomic E-state index is 13.0. The fourth-order valence-electron chi connectivity index (χ4n) is 3.23. The summed E-state index contributed by atoms with van der Waals surface area (Å²) in [7, 11) is 3.14. The van der Waals surface area contributed by atoms with Crippen LogP contribution in [0.4, 0.5) is 0 Å². The van der Waals surface area contributed by atoms with Crippen molar-refractivity contribution in [2.45, 2.75) is 31.6 Å². The second kappa shape index (κ2) is 7.19. The molecule has 0 bridgehead atoms. The molecule has 23 heavy (non-hydrogen) atoms. The quantitative estimate of drug-likeness (QED) is 0.850. The average Bonchev–Trinajstić information content (AvgIpc) is 3.15. The Balaban J connectivity index is 1.82. The van der Waals surface area contributed by atoms with Crippen LogP contribution in [0.25, 0.3) is 0 Å². The second-order valence-corrected chi connectivity index (χ2v) is 5.74. The molecule has 0 N–H and O–H groups in total. The molecule has 1 aromatic carbocycles. The van der Waals surface area contributed by atoms with Crippen molar-refractivity contribution in [1.82, 2.24) is 4.90 Å². The van der Waals surface area contributed by atoms with Crippen LogP contribution in [0.2, 0.25) is 0 Å². The first kappa shape index (κ1) is 16.1. The third kappa shape index (κ3) is 3.28. The molecule has 3 rings (SSSR count). The number of piperidine rings is 1. The summed E-state index contributed by atoms with van der Waals surface area (Å²) in [6, 6.07) is 5.23. The Kier molecular flexibility index (Phi) is 5.03. The van der Waals surface area contributed by atoms with Gasteiger partial charge in [-0.05, 0) is 37.5 Å². The minimum Gasteiger partial charge on any atom is -0.493 e. The van der Waals surface area contributed by atoms with E-state index in [-0.39, 0.29) is 18.2 Å². The molecule has 1 amide bonds. The highest BCUT2D eigenvalue weighted by molar-refractivity contribution is 5.95. The van der Waals surface area contributed by atoms with Gasteiger partial charge in [-0.25, -0.2) is 0 Å². The Morgan fingerprint density at radius 1 is 1.13 bits per heavy atom. The van der Waals surface area contributed by atoms with Gasteiger partial charge >= 0.3 is 0 Å². The first-order valence-electron chi connectivity index (χ1n) is 8.01. The topological polar surface area (TPSA) is 57.2 Å². The summed E-state index contributed by atoms with van der Waals surface area (Å²) < 4.78 is 21.8. The molecule has 0 spiro atoms. The van der Waals surface area contributed by atoms with Crippen LogP contribution in [-0.2, 0) is 9.47 Å². The van der Waals surface area contributed by atoms with Crippen LogP contribution in [0, 0.1) is 0 Å². The normalized spacial score (nSPS) is 22.2. The van der Waals surface area contributed by atoms with Crippen molar-refractivity contribution in [2.24, 2.45) is 0 Å². The molecule has 2 aliphatic heterocycles. The fourth-order valence-corrected chi connectivity index (χ4v) is 3.23. The number of benzene rings is 1. The first-order valence-corrected chi connectivity index (χ1v) is 8.01. The number of amides is 1. The summed E-state index contributed by atoms with van der Waals surface area (Å²) in [4.78, 5) is 14.8. The predicted octanol–water partition coefficient (Wildman–Crippen LogP) is 2.07. The Bertz CT molecular complexity index is 556. The van der Waals surface area contributed by atoms with E-state index in [1.54, 1.807) is 32.4 Å². The zero-order chi connectivity index (χ0) is 16.2. The molecule has 0 aliphatic carbocycles. The van der Waals surface area contributed by atoms with Crippen molar-refractivity contribution >= 4 is 5.91 Å². The highest BCUT2D eigenvalue weighted by Gasteiger charge is 2.36. The van der Waals surface area contributed by atoms with E-state index in [0.29, 0.717) is 30.3 Å². The van der Waals surface area contributed by atoms with E-state index in [1.165, 1.54) is 0 Å². The van der Waals surface area contributed by atoms with Gasteiger partial charge in [0, 0.05) is 12.1 Å². The van der Waals surface area contributed by atoms with Crippen LogP contribution in [0.1, 0.15) is 29.6 Å². The Hall–Kier alpha value is -1.79. The zero-order valence-electron chi connectivity index (χ0n) is 13.6. The van der Waals surface area contributed by atoms with Gasteiger partial charge in [-0.1, -0.05) is 0 Å². The summed E-state index contributed by atoms with van der Waals surface area (Å²) in [6.45, 7) is 1.92. The summed E-state index contributed by atoms with van der Waals surface area (Å²) in [5, 5.41) is 0. The van der Waals surface area contributed by atoms with Crippen molar-refractivity contribution in [1.29, 1.82) is 0 Å². The molecular weight excluding hydrogens is 298 g/mol. The summed E-state index contributed by atoms with van der Waals surface area (Å²) in [5.41, 5.74) is 0.590. The van der Waals surface area contributed by atoms with Gasteiger partial charge in [-0.3, -0.25) is 4.79 Å². The van der Waals surface area contributed by atoms with Gasteiger partial charge in [0.2, 0.25) is 0 Å². The van der Waals surface area contributed by atoms with Gasteiger partial charge in [0.25, 0.3) is 5.91 Å². The minimum atomic E-state index is -0.306. The van der Waals surface area contributed by atoms with Gasteiger partial charge < -0.3 is 23.8 Å². The van der Waals surface area contributed by atoms with Crippen LogP contribution in [-0.4, -0.2) is 57.1 Å². The number of likely N-dealkylation sites (tertiary alicyclic amines) is 1. The van der Waals surface area contributed by atoms with Gasteiger partial charge in [-0.2, -0.15) is 0 Å². The zero-order valence-corrected chi connectivity index (χ0v) is 13.6. The molecule has 0 radical (unpaired) electrons. The maximum Gasteiger partial charge on any atom is 0.254 e. The number of ether oxygens (including phenoxy) is 4. The van der Waals surface area contributed by atoms with E-state index in [0.717, 1.165) is 25.8 Å². The molecule has 2 aliphatic rings. The molecule has 0 saturated carbocycles. The monoisotopic (exact) mass is 321 g/mol. The molecule has 1 aromatic rings. The Morgan fingerprint density at radius 3 is 2.57 bits per heavy atom. The molecule has 126 valence electrons. The summed E-state index contributed by atoms with van der Waals surface area (Å²) in [5.74, 6) is 1.15. The highest BCUT2D eigenvalue weighted by Crippen LogP contribution is 2.30. The van der Waals surface area contributed by atoms with Crippen LogP contribution in [0.3, 0.4) is 0 Å². The largest absolute Gasteiger partial charge is 0.493 e. The number of carbonyl (C=O) groups is 1. The minimum absolute atomic E-state index is 0.0187. The standard InChI is InChI=1S/C17H23NO5/c1-20-14-7-6-12(11-15(14)21-2)16(19)18-8-4-3-5-13(18)17-22-9-10-23-17/h6-7,11,13,17H,3-5,8-10H2,1-2H3/t13-/m1/s1. The number of rotatable bonds is 4. The fraction of sp³-hybridized carbons (Fsp3) is 0.588. The number of nitrogens with zero attached hydrogens (tertiary/aromatic N) is 1. The van der Waals surface area contributed by atoms with Crippen LogP contribution in [0.15, 0.2) is 18.2 Å². The molecule has 2 fully saturated rings. The molecule has 1 atom stereocenters. The van der Waals surface area contributed by atoms with E-state index in [4.69, 9.17) is 18.9 Å². The number of hydrogen-bond donors (Lipinski definition) is 0. The lowest BCUT2D eigenvalue weighted by Gasteiger charge is -2.38. The first-order chi connectivity index (χ1) is 11.2. The van der Waals surface area contributed by atoms with Gasteiger partial charge in [0.05, 0.1) is 33.5 Å². The second-order valence-electron chi connectivity index (χ2n) is 5.74. The molecule has 2 heterocycles. The molecule has 6 heteroatoms. The van der Waals surface area contributed by atoms with Crippen molar-refractivity contribution < 1.29 is 23.7 Å². The number of hydrogen-bond acceptors (Lipinski definition) is 5. The summed E-state index contributed by atoms with van der Waals surface area (Å²) >= 11 is 0. The van der Waals surface area contributed by atoms with Crippen molar-refractivity contribution in [3.63, 3.8) is 0 Å². The highest BCUT2D eigenvalue weighted by atomic mass is 16.7. The number of methoxy groups -OCH3 is 2. The third-order valence-electron chi connectivity index (χ3n) is 4.40. The van der Waals surface area contributed by atoms with E-state index in [9.17, 15) is 4.79 Å². The predicted molar refractivity (Wildman–Crippen MR) is 83.9 cm³/mol. The van der Waals surface area contributed by atoms with Crippen molar-refractivity contribution in [2.75, 3.05) is 34.0 Å². The van der Waals surface area contributed by atoms with Gasteiger partial charge in [0.15, 0.2) is 17.8 Å². The van der Waals surface area contributed by atoms with Gasteiger partial charge in [-0.15, -0.1) is 0 Å². The smallest absolute Gasteiger partial charge is 0.254 e. The molecular formula is C17H23NO5. The molecule has 0 aromatic heterocycles. The lowest BCUT2D eigenvalue weighted by molar-refractivity contribution is -0.100. The SMILES string of the molecule is COc1ccc(C(=O)N2CCCC[C@@H]2C2OCCO2)cc1OC. The molecule has 2 saturated heterocycles. The average molecular weight is 321 g/mol. The summed E-state index contributed by atoms with van der Waals surface area (Å²) in [6.07, 6.45) is 2.69. The Morgan fingerprint density at radius 2 is 1.87 bits per heavy atom. The molecule has 6 nitrogen and oxygen atoms in total. The molecule has 0 unspecified atom stereocenters. The van der Waals surface area contributed by atoms with E-state index >= 15 is 0 Å². The van der Waals surface area contributed by atoms with E-state index in [2.05, 4.69) is 0 Å². The van der Waals surface area contributed by atoms with Crippen LogP contribution in [0.5, 0.6) is 11.5 Å². The van der Waals surface area contributed by atoms with Crippen molar-refractivity contribution in [3.05, 3.63) is 23.8 Å². The lowest BCUT2D eigenvalue weighted by Crippen LogP contribution is -2.50.